The Labute approximate surface area is 124 Å². The monoisotopic (exact) mass is 283 g/mol. The van der Waals surface area contributed by atoms with Crippen LogP contribution in [-0.4, -0.2) is 67.8 Å². The minimum absolute atomic E-state index is 0.345. The third-order valence-electron chi connectivity index (χ3n) is 4.50. The fraction of sp³-hybridized carbons (Fsp3) is 1.00. The Balaban J connectivity index is 1.65. The molecule has 2 unspecified atom stereocenters. The second-order valence-corrected chi connectivity index (χ2v) is 7.70. The normalized spacial score (nSPS) is 27.9. The highest BCUT2D eigenvalue weighted by Gasteiger charge is 2.28. The van der Waals surface area contributed by atoms with Gasteiger partial charge in [0.25, 0.3) is 0 Å². The van der Waals surface area contributed by atoms with Crippen LogP contribution in [0.15, 0.2) is 0 Å². The molecule has 2 heterocycles. The van der Waals surface area contributed by atoms with E-state index in [-0.39, 0.29) is 0 Å². The predicted molar refractivity (Wildman–Crippen MR) is 83.9 cm³/mol. The summed E-state index contributed by atoms with van der Waals surface area (Å²) in [6.07, 6.45) is 3.56. The minimum Gasteiger partial charge on any atom is -0.379 e. The van der Waals surface area contributed by atoms with Gasteiger partial charge in [-0.05, 0) is 37.8 Å². The molecule has 0 radical (unpaired) electrons. The molecule has 0 aliphatic carbocycles. The summed E-state index contributed by atoms with van der Waals surface area (Å²) in [6.45, 7) is 14.5. The molecule has 0 bridgehead atoms. The summed E-state index contributed by atoms with van der Waals surface area (Å²) >= 11 is 0. The molecule has 0 saturated carbocycles. The fourth-order valence-corrected chi connectivity index (χ4v) is 3.49. The van der Waals surface area contributed by atoms with Gasteiger partial charge in [-0.2, -0.15) is 0 Å². The molecule has 118 valence electrons. The highest BCUT2D eigenvalue weighted by Crippen LogP contribution is 2.22. The van der Waals surface area contributed by atoms with Gasteiger partial charge in [0.2, 0.25) is 0 Å². The van der Waals surface area contributed by atoms with Crippen molar-refractivity contribution < 1.29 is 4.74 Å². The first-order valence-corrected chi connectivity index (χ1v) is 8.24. The van der Waals surface area contributed by atoms with Gasteiger partial charge < -0.3 is 15.4 Å². The number of nitrogens with zero attached hydrogens (tertiary/aromatic N) is 2. The van der Waals surface area contributed by atoms with Gasteiger partial charge in [0, 0.05) is 31.7 Å². The molecule has 0 aromatic carbocycles. The van der Waals surface area contributed by atoms with Crippen molar-refractivity contribution in [3.63, 3.8) is 0 Å². The van der Waals surface area contributed by atoms with Gasteiger partial charge >= 0.3 is 0 Å². The Hall–Kier alpha value is -0.160. The molecule has 2 saturated heterocycles. The van der Waals surface area contributed by atoms with Crippen LogP contribution in [0.4, 0.5) is 0 Å². The summed E-state index contributed by atoms with van der Waals surface area (Å²) in [5.74, 6) is 0. The van der Waals surface area contributed by atoms with E-state index in [2.05, 4.69) is 30.6 Å². The van der Waals surface area contributed by atoms with E-state index in [4.69, 9.17) is 10.5 Å². The summed E-state index contributed by atoms with van der Waals surface area (Å²) in [5, 5.41) is 0. The Morgan fingerprint density at radius 3 is 2.55 bits per heavy atom. The first-order valence-electron chi connectivity index (χ1n) is 8.24. The van der Waals surface area contributed by atoms with Crippen molar-refractivity contribution >= 4 is 0 Å². The summed E-state index contributed by atoms with van der Waals surface area (Å²) in [4.78, 5) is 5.21. The lowest BCUT2D eigenvalue weighted by molar-refractivity contribution is 0.0184. The van der Waals surface area contributed by atoms with Gasteiger partial charge in [0.1, 0.15) is 0 Å². The van der Waals surface area contributed by atoms with Crippen LogP contribution in [0.1, 0.15) is 40.0 Å². The van der Waals surface area contributed by atoms with Crippen molar-refractivity contribution in [1.29, 1.82) is 0 Å². The van der Waals surface area contributed by atoms with Crippen LogP contribution in [0, 0.1) is 5.41 Å². The fourth-order valence-electron chi connectivity index (χ4n) is 3.49. The largest absolute Gasteiger partial charge is 0.379 e. The maximum Gasteiger partial charge on any atom is 0.0594 e. The Kier molecular flexibility index (Phi) is 5.84. The van der Waals surface area contributed by atoms with Crippen LogP contribution >= 0.6 is 0 Å². The number of nitrogens with two attached hydrogens (primary N) is 1. The summed E-state index contributed by atoms with van der Waals surface area (Å²) in [7, 11) is 0. The zero-order valence-electron chi connectivity index (χ0n) is 13.6. The van der Waals surface area contributed by atoms with Crippen molar-refractivity contribution in [2.24, 2.45) is 11.1 Å². The summed E-state index contributed by atoms with van der Waals surface area (Å²) in [5.41, 5.74) is 6.61. The van der Waals surface area contributed by atoms with Crippen molar-refractivity contribution in [1.82, 2.24) is 9.80 Å². The molecule has 2 fully saturated rings. The predicted octanol–water partition coefficient (Wildman–Crippen LogP) is 1.55. The Morgan fingerprint density at radius 1 is 1.20 bits per heavy atom. The lowest BCUT2D eigenvalue weighted by Crippen LogP contribution is -2.44. The average molecular weight is 283 g/mol. The van der Waals surface area contributed by atoms with Crippen LogP contribution < -0.4 is 5.73 Å². The standard InChI is InChI=1S/C16H33N3O/c1-16(2,3)12-14(17)4-6-18-7-5-15(13-18)19-8-10-20-11-9-19/h14-15H,4-13,17H2,1-3H3. The van der Waals surface area contributed by atoms with Gasteiger partial charge in [-0.3, -0.25) is 4.90 Å². The molecule has 20 heavy (non-hydrogen) atoms. The van der Waals surface area contributed by atoms with Gasteiger partial charge in [-0.25, -0.2) is 0 Å². The molecule has 2 N–H and O–H groups in total. The van der Waals surface area contributed by atoms with Crippen molar-refractivity contribution in [3.05, 3.63) is 0 Å². The van der Waals surface area contributed by atoms with Gasteiger partial charge in [0.15, 0.2) is 0 Å². The summed E-state index contributed by atoms with van der Waals surface area (Å²) < 4.78 is 5.44. The number of rotatable bonds is 5. The highest BCUT2D eigenvalue weighted by atomic mass is 16.5. The lowest BCUT2D eigenvalue weighted by Gasteiger charge is -2.32. The molecular formula is C16H33N3O. The number of morpholine rings is 1. The molecule has 0 aromatic heterocycles. The van der Waals surface area contributed by atoms with Gasteiger partial charge in [-0.1, -0.05) is 20.8 Å². The zero-order valence-corrected chi connectivity index (χ0v) is 13.6. The molecule has 2 atom stereocenters. The third-order valence-corrected chi connectivity index (χ3v) is 4.50. The Morgan fingerprint density at radius 2 is 1.90 bits per heavy atom. The number of ether oxygens (including phenoxy) is 1. The maximum absolute atomic E-state index is 6.26. The molecule has 2 aliphatic rings. The van der Waals surface area contributed by atoms with Crippen LogP contribution in [0.3, 0.4) is 0 Å². The number of likely N-dealkylation sites (tertiary alicyclic amines) is 1. The van der Waals surface area contributed by atoms with E-state index in [0.717, 1.165) is 51.7 Å². The Bertz CT molecular complexity index is 284. The average Bonchev–Trinajstić information content (AvgIpc) is 2.84. The lowest BCUT2D eigenvalue weighted by atomic mass is 9.87. The molecule has 0 spiro atoms. The first kappa shape index (κ1) is 16.2. The second-order valence-electron chi connectivity index (χ2n) is 7.70. The molecule has 4 heteroatoms. The number of hydrogen-bond donors (Lipinski definition) is 1. The topological polar surface area (TPSA) is 41.7 Å². The quantitative estimate of drug-likeness (QED) is 0.831. The second kappa shape index (κ2) is 7.21. The van der Waals surface area contributed by atoms with Crippen LogP contribution in [0.2, 0.25) is 0 Å². The molecule has 0 amide bonds. The molecule has 2 rings (SSSR count). The van der Waals surface area contributed by atoms with Crippen molar-refractivity contribution in [3.8, 4) is 0 Å². The van der Waals surface area contributed by atoms with Crippen molar-refractivity contribution in [2.75, 3.05) is 45.9 Å². The van der Waals surface area contributed by atoms with Crippen molar-refractivity contribution in [2.45, 2.75) is 52.1 Å². The first-order chi connectivity index (χ1) is 9.44. The SMILES string of the molecule is CC(C)(C)CC(N)CCN1CCC(N2CCOCC2)C1. The van der Waals surface area contributed by atoms with Crippen LogP contribution in [0.25, 0.3) is 0 Å². The maximum atomic E-state index is 6.26. The molecule has 2 aliphatic heterocycles. The van der Waals surface area contributed by atoms with Crippen LogP contribution in [0.5, 0.6) is 0 Å². The van der Waals surface area contributed by atoms with E-state index in [1.165, 1.54) is 19.5 Å². The van der Waals surface area contributed by atoms with E-state index in [1.54, 1.807) is 0 Å². The van der Waals surface area contributed by atoms with E-state index in [9.17, 15) is 0 Å². The molecule has 0 aromatic rings. The van der Waals surface area contributed by atoms with E-state index in [0.29, 0.717) is 11.5 Å². The van der Waals surface area contributed by atoms with Gasteiger partial charge in [-0.15, -0.1) is 0 Å². The highest BCUT2D eigenvalue weighted by molar-refractivity contribution is 4.85. The molecular weight excluding hydrogens is 250 g/mol. The van der Waals surface area contributed by atoms with E-state index < -0.39 is 0 Å². The number of hydrogen-bond acceptors (Lipinski definition) is 4. The summed E-state index contributed by atoms with van der Waals surface area (Å²) in [6, 6.07) is 1.09. The van der Waals surface area contributed by atoms with Crippen LogP contribution in [-0.2, 0) is 4.74 Å². The minimum atomic E-state index is 0.345. The molecule has 4 nitrogen and oxygen atoms in total. The zero-order chi connectivity index (χ0) is 14.6. The van der Waals surface area contributed by atoms with E-state index >= 15 is 0 Å². The van der Waals surface area contributed by atoms with Gasteiger partial charge in [0.05, 0.1) is 13.2 Å². The smallest absolute Gasteiger partial charge is 0.0594 e. The third kappa shape index (κ3) is 5.32. The van der Waals surface area contributed by atoms with E-state index in [1.807, 2.05) is 0 Å².